The van der Waals surface area contributed by atoms with Gasteiger partial charge in [-0.1, -0.05) is 42.8 Å². The van der Waals surface area contributed by atoms with E-state index < -0.39 is 0 Å². The standard InChI is InChI=1S/C19H23N3O2S/c1-3-12-20-17(23)13(2)25-19-21-16-11-7-6-10-15(16)18(24)22(19)14-8-4-5-9-14/h3,6-7,10-11,13-14H,1,4-5,8-9,12H2,2H3,(H,20,23). The van der Waals surface area contributed by atoms with Crippen molar-refractivity contribution >= 4 is 28.6 Å². The molecular weight excluding hydrogens is 334 g/mol. The van der Waals surface area contributed by atoms with E-state index in [0.717, 1.165) is 25.7 Å². The first-order valence-corrected chi connectivity index (χ1v) is 9.56. The van der Waals surface area contributed by atoms with E-state index in [9.17, 15) is 9.59 Å². The van der Waals surface area contributed by atoms with Crippen LogP contribution in [0.3, 0.4) is 0 Å². The van der Waals surface area contributed by atoms with Crippen LogP contribution in [0.5, 0.6) is 0 Å². The fourth-order valence-electron chi connectivity index (χ4n) is 3.22. The molecule has 0 spiro atoms. The van der Waals surface area contributed by atoms with Gasteiger partial charge in [0.25, 0.3) is 5.56 Å². The predicted octanol–water partition coefficient (Wildman–Crippen LogP) is 3.29. The fraction of sp³-hybridized carbons (Fsp3) is 0.421. The molecule has 1 unspecified atom stereocenters. The van der Waals surface area contributed by atoms with Gasteiger partial charge in [0.15, 0.2) is 5.16 Å². The number of aromatic nitrogens is 2. The lowest BCUT2D eigenvalue weighted by atomic mass is 10.2. The third-order valence-electron chi connectivity index (χ3n) is 4.54. The molecule has 1 aliphatic carbocycles. The van der Waals surface area contributed by atoms with Crippen molar-refractivity contribution in [2.45, 2.75) is 49.1 Å². The first kappa shape index (κ1) is 17.7. The van der Waals surface area contributed by atoms with Gasteiger partial charge in [-0.15, -0.1) is 6.58 Å². The number of thioether (sulfide) groups is 1. The molecule has 1 N–H and O–H groups in total. The minimum atomic E-state index is -0.333. The average Bonchev–Trinajstić information content (AvgIpc) is 3.14. The number of carbonyl (C=O) groups excluding carboxylic acids is 1. The van der Waals surface area contributed by atoms with Crippen LogP contribution in [-0.2, 0) is 4.79 Å². The van der Waals surface area contributed by atoms with Crippen molar-refractivity contribution in [2.75, 3.05) is 6.54 Å². The number of amides is 1. The molecule has 1 aromatic carbocycles. The molecule has 1 aromatic heterocycles. The summed E-state index contributed by atoms with van der Waals surface area (Å²) in [5.41, 5.74) is 0.682. The number of carbonyl (C=O) groups is 1. The van der Waals surface area contributed by atoms with Gasteiger partial charge in [0.1, 0.15) is 0 Å². The maximum atomic E-state index is 13.1. The number of benzene rings is 1. The predicted molar refractivity (Wildman–Crippen MR) is 102 cm³/mol. The lowest BCUT2D eigenvalue weighted by molar-refractivity contribution is -0.120. The Kier molecular flexibility index (Phi) is 5.58. The molecule has 1 atom stereocenters. The van der Waals surface area contributed by atoms with Gasteiger partial charge in [0.2, 0.25) is 5.91 Å². The minimum Gasteiger partial charge on any atom is -0.352 e. The van der Waals surface area contributed by atoms with E-state index in [1.807, 2.05) is 35.8 Å². The Morgan fingerprint density at radius 3 is 2.88 bits per heavy atom. The van der Waals surface area contributed by atoms with Crippen LogP contribution in [0.15, 0.2) is 46.9 Å². The summed E-state index contributed by atoms with van der Waals surface area (Å²) in [6.45, 7) is 5.88. The quantitative estimate of drug-likeness (QED) is 0.489. The third-order valence-corrected chi connectivity index (χ3v) is 5.60. The van der Waals surface area contributed by atoms with E-state index in [2.05, 4.69) is 11.9 Å². The summed E-state index contributed by atoms with van der Waals surface area (Å²) in [6.07, 6.45) is 5.89. The molecule has 0 aliphatic heterocycles. The summed E-state index contributed by atoms with van der Waals surface area (Å²) in [4.78, 5) is 30.0. The number of rotatable bonds is 6. The molecule has 6 heteroatoms. The second-order valence-corrected chi connectivity index (χ2v) is 7.63. The van der Waals surface area contributed by atoms with Crippen LogP contribution in [-0.4, -0.2) is 27.3 Å². The second kappa shape index (κ2) is 7.87. The smallest absolute Gasteiger partial charge is 0.262 e. The number of hydrogen-bond acceptors (Lipinski definition) is 4. The van der Waals surface area contributed by atoms with E-state index in [-0.39, 0.29) is 22.8 Å². The largest absolute Gasteiger partial charge is 0.352 e. The summed E-state index contributed by atoms with van der Waals surface area (Å²) < 4.78 is 1.82. The van der Waals surface area contributed by atoms with Gasteiger partial charge >= 0.3 is 0 Å². The zero-order valence-electron chi connectivity index (χ0n) is 14.4. The fourth-order valence-corrected chi connectivity index (χ4v) is 4.22. The van der Waals surface area contributed by atoms with Crippen molar-refractivity contribution < 1.29 is 4.79 Å². The van der Waals surface area contributed by atoms with Crippen LogP contribution in [0.1, 0.15) is 38.6 Å². The van der Waals surface area contributed by atoms with Crippen LogP contribution in [0.4, 0.5) is 0 Å². The molecule has 1 saturated carbocycles. The van der Waals surface area contributed by atoms with E-state index in [1.54, 1.807) is 6.08 Å². The SMILES string of the molecule is C=CCNC(=O)C(C)Sc1nc2ccccc2c(=O)n1C1CCCC1. The Bertz CT molecular complexity index is 840. The molecule has 25 heavy (non-hydrogen) atoms. The van der Waals surface area contributed by atoms with E-state index in [4.69, 9.17) is 4.98 Å². The Balaban J connectivity index is 2.00. The average molecular weight is 357 g/mol. The molecular formula is C19H23N3O2S. The third kappa shape index (κ3) is 3.79. The highest BCUT2D eigenvalue weighted by atomic mass is 32.2. The Labute approximate surface area is 151 Å². The van der Waals surface area contributed by atoms with Crippen LogP contribution in [0, 0.1) is 0 Å². The van der Waals surface area contributed by atoms with Gasteiger partial charge in [-0.05, 0) is 31.9 Å². The van der Waals surface area contributed by atoms with Crippen LogP contribution >= 0.6 is 11.8 Å². The molecule has 1 amide bonds. The second-order valence-electron chi connectivity index (χ2n) is 6.32. The highest BCUT2D eigenvalue weighted by Gasteiger charge is 2.25. The highest BCUT2D eigenvalue weighted by molar-refractivity contribution is 8.00. The summed E-state index contributed by atoms with van der Waals surface area (Å²) in [5, 5.41) is 3.74. The number of hydrogen-bond donors (Lipinski definition) is 1. The van der Waals surface area contributed by atoms with Gasteiger partial charge < -0.3 is 5.32 Å². The van der Waals surface area contributed by atoms with Crippen molar-refractivity contribution in [2.24, 2.45) is 0 Å². The van der Waals surface area contributed by atoms with Crippen LogP contribution in [0.2, 0.25) is 0 Å². The molecule has 132 valence electrons. The zero-order valence-corrected chi connectivity index (χ0v) is 15.2. The summed E-state index contributed by atoms with van der Waals surface area (Å²) in [6, 6.07) is 7.59. The van der Waals surface area contributed by atoms with Gasteiger partial charge in [-0.3, -0.25) is 14.2 Å². The molecule has 0 saturated heterocycles. The van der Waals surface area contributed by atoms with Gasteiger partial charge in [0.05, 0.1) is 16.2 Å². The van der Waals surface area contributed by atoms with Crippen LogP contribution < -0.4 is 10.9 Å². The number of para-hydroxylation sites is 1. The first-order chi connectivity index (χ1) is 12.1. The molecule has 1 heterocycles. The monoisotopic (exact) mass is 357 g/mol. The van der Waals surface area contributed by atoms with Crippen molar-refractivity contribution in [1.29, 1.82) is 0 Å². The summed E-state index contributed by atoms with van der Waals surface area (Å²) in [7, 11) is 0. The molecule has 0 radical (unpaired) electrons. The lowest BCUT2D eigenvalue weighted by Gasteiger charge is -2.20. The van der Waals surface area contributed by atoms with Gasteiger partial charge in [-0.2, -0.15) is 0 Å². The van der Waals surface area contributed by atoms with Crippen molar-refractivity contribution in [1.82, 2.24) is 14.9 Å². The first-order valence-electron chi connectivity index (χ1n) is 8.68. The number of nitrogens with zero attached hydrogens (tertiary/aromatic N) is 2. The van der Waals surface area contributed by atoms with Crippen LogP contribution in [0.25, 0.3) is 10.9 Å². The maximum absolute atomic E-state index is 13.1. The lowest BCUT2D eigenvalue weighted by Crippen LogP contribution is -2.32. The zero-order chi connectivity index (χ0) is 17.8. The van der Waals surface area contributed by atoms with E-state index in [1.165, 1.54) is 11.8 Å². The Morgan fingerprint density at radius 2 is 2.16 bits per heavy atom. The Hall–Kier alpha value is -2.08. The molecule has 3 rings (SSSR count). The van der Waals surface area contributed by atoms with Crippen molar-refractivity contribution in [3.63, 3.8) is 0 Å². The van der Waals surface area contributed by atoms with Crippen molar-refractivity contribution in [3.8, 4) is 0 Å². The van der Waals surface area contributed by atoms with Gasteiger partial charge in [0, 0.05) is 12.6 Å². The maximum Gasteiger partial charge on any atom is 0.262 e. The van der Waals surface area contributed by atoms with Gasteiger partial charge in [-0.25, -0.2) is 4.98 Å². The Morgan fingerprint density at radius 1 is 1.44 bits per heavy atom. The molecule has 5 nitrogen and oxygen atoms in total. The topological polar surface area (TPSA) is 64.0 Å². The molecule has 2 aromatic rings. The minimum absolute atomic E-state index is 0.00120. The molecule has 1 aliphatic rings. The van der Waals surface area contributed by atoms with E-state index >= 15 is 0 Å². The summed E-state index contributed by atoms with van der Waals surface area (Å²) in [5.74, 6) is -0.0784. The number of fused-ring (bicyclic) bond motifs is 1. The van der Waals surface area contributed by atoms with E-state index in [0.29, 0.717) is 22.6 Å². The molecule has 0 bridgehead atoms. The summed E-state index contributed by atoms with van der Waals surface area (Å²) >= 11 is 1.35. The highest BCUT2D eigenvalue weighted by Crippen LogP contribution is 2.33. The molecule has 1 fully saturated rings. The number of nitrogens with one attached hydrogen (secondary N) is 1. The van der Waals surface area contributed by atoms with Crippen molar-refractivity contribution in [3.05, 3.63) is 47.3 Å². The normalized spacial score (nSPS) is 16.0.